The van der Waals surface area contributed by atoms with Gasteiger partial charge in [-0.25, -0.2) is 13.2 Å². The maximum Gasteiger partial charge on any atom is 0.340 e. The van der Waals surface area contributed by atoms with Crippen LogP contribution in [0.2, 0.25) is 0 Å². The summed E-state index contributed by atoms with van der Waals surface area (Å²) in [5, 5.41) is 14.2. The van der Waals surface area contributed by atoms with Gasteiger partial charge >= 0.3 is 5.63 Å². The minimum atomic E-state index is -3.39. The van der Waals surface area contributed by atoms with Crippen LogP contribution in [0.1, 0.15) is 40.9 Å². The first-order valence-electron chi connectivity index (χ1n) is 10.8. The number of benzene rings is 1. The summed E-state index contributed by atoms with van der Waals surface area (Å²) in [4.78, 5) is 25.3. The van der Waals surface area contributed by atoms with E-state index < -0.39 is 33.5 Å². The van der Waals surface area contributed by atoms with Crippen LogP contribution in [0, 0.1) is 13.8 Å². The molecule has 0 radical (unpaired) electrons. The Hall–Kier alpha value is -2.65. The second kappa shape index (κ2) is 7.45. The maximum atomic E-state index is 12.8. The lowest BCUT2D eigenvalue weighted by Crippen LogP contribution is -2.43. The molecule has 3 heterocycles. The Morgan fingerprint density at radius 2 is 1.81 bits per heavy atom. The van der Waals surface area contributed by atoms with E-state index in [1.165, 1.54) is 5.56 Å². The van der Waals surface area contributed by atoms with Gasteiger partial charge in [-0.05, 0) is 44.7 Å². The van der Waals surface area contributed by atoms with Gasteiger partial charge in [0.2, 0.25) is 5.91 Å². The molecule has 9 heteroatoms. The van der Waals surface area contributed by atoms with Crippen molar-refractivity contribution in [2.24, 2.45) is 0 Å². The van der Waals surface area contributed by atoms with Crippen LogP contribution in [-0.2, 0) is 33.9 Å². The number of aliphatic hydroxyl groups is 1. The quantitative estimate of drug-likeness (QED) is 0.572. The predicted octanol–water partition coefficient (Wildman–Crippen LogP) is 1.85. The number of sulfone groups is 1. The highest BCUT2D eigenvalue weighted by atomic mass is 32.2. The monoisotopic (exact) mass is 459 g/mol. The number of hydrogen-bond donors (Lipinski definition) is 2. The van der Waals surface area contributed by atoms with Crippen molar-refractivity contribution in [1.29, 1.82) is 0 Å². The van der Waals surface area contributed by atoms with Crippen molar-refractivity contribution in [3.63, 3.8) is 0 Å². The van der Waals surface area contributed by atoms with Crippen LogP contribution in [0.25, 0.3) is 21.9 Å². The van der Waals surface area contributed by atoms with Crippen LogP contribution < -0.4 is 10.9 Å². The first-order chi connectivity index (χ1) is 15.1. The number of fused-ring (bicyclic) bond motifs is 4. The van der Waals surface area contributed by atoms with E-state index in [4.69, 9.17) is 8.83 Å². The number of nitrogens with one attached hydrogen (secondary N) is 1. The summed E-state index contributed by atoms with van der Waals surface area (Å²) in [6.07, 6.45) is 2.64. The summed E-state index contributed by atoms with van der Waals surface area (Å²) in [6, 6.07) is 1.11. The van der Waals surface area contributed by atoms with Crippen molar-refractivity contribution in [1.82, 2.24) is 5.32 Å². The molecule has 32 heavy (non-hydrogen) atoms. The Balaban J connectivity index is 1.53. The summed E-state index contributed by atoms with van der Waals surface area (Å²) in [7, 11) is -3.39. The smallest absolute Gasteiger partial charge is 0.340 e. The molecule has 1 aliphatic heterocycles. The third-order valence-corrected chi connectivity index (χ3v) is 8.45. The van der Waals surface area contributed by atoms with E-state index in [0.717, 1.165) is 53.4 Å². The van der Waals surface area contributed by atoms with Crippen molar-refractivity contribution in [3.8, 4) is 0 Å². The highest BCUT2D eigenvalue weighted by Crippen LogP contribution is 2.37. The molecule has 2 aliphatic rings. The lowest BCUT2D eigenvalue weighted by molar-refractivity contribution is -0.121. The van der Waals surface area contributed by atoms with Crippen LogP contribution in [0.5, 0.6) is 0 Å². The Bertz CT molecular complexity index is 1430. The fourth-order valence-electron chi connectivity index (χ4n) is 5.01. The van der Waals surface area contributed by atoms with Crippen molar-refractivity contribution in [2.45, 2.75) is 58.1 Å². The highest BCUT2D eigenvalue weighted by Gasteiger charge is 2.37. The molecule has 3 aromatic rings. The highest BCUT2D eigenvalue weighted by molar-refractivity contribution is 7.91. The zero-order chi connectivity index (χ0) is 22.8. The van der Waals surface area contributed by atoms with Crippen LogP contribution in [-0.4, -0.2) is 43.1 Å². The molecule has 1 aromatic carbocycles. The van der Waals surface area contributed by atoms with Gasteiger partial charge in [-0.2, -0.15) is 0 Å². The van der Waals surface area contributed by atoms with E-state index in [1.807, 2.05) is 13.0 Å². The van der Waals surface area contributed by atoms with Gasteiger partial charge < -0.3 is 19.3 Å². The minimum absolute atomic E-state index is 0.224. The lowest BCUT2D eigenvalue weighted by Gasteiger charge is -2.15. The Morgan fingerprint density at radius 3 is 2.53 bits per heavy atom. The van der Waals surface area contributed by atoms with Crippen molar-refractivity contribution in [3.05, 3.63) is 44.5 Å². The first kappa shape index (κ1) is 21.2. The lowest BCUT2D eigenvalue weighted by atomic mass is 9.93. The molecule has 5 rings (SSSR count). The van der Waals surface area contributed by atoms with Crippen LogP contribution in [0.15, 0.2) is 19.7 Å². The molecule has 1 amide bonds. The van der Waals surface area contributed by atoms with E-state index >= 15 is 0 Å². The number of rotatable bonds is 3. The SMILES string of the molecule is Cc1c(CC(=O)N[C@H]2CS(=O)(=O)C[C@H]2O)c(=O)oc2c(C)c3oc4c(c3cc12)CCCC4. The molecule has 2 N–H and O–H groups in total. The topological polar surface area (TPSA) is 127 Å². The third kappa shape index (κ3) is 3.44. The van der Waals surface area contributed by atoms with Crippen LogP contribution >= 0.6 is 0 Å². The molecule has 0 bridgehead atoms. The van der Waals surface area contributed by atoms with Gasteiger partial charge in [-0.3, -0.25) is 4.79 Å². The number of aryl methyl sites for hydroxylation is 4. The Labute approximate surface area is 184 Å². The average Bonchev–Trinajstić information content (AvgIpc) is 3.22. The molecule has 8 nitrogen and oxygen atoms in total. The van der Waals surface area contributed by atoms with Crippen molar-refractivity contribution < 1.29 is 27.2 Å². The molecule has 170 valence electrons. The Kier molecular flexibility index (Phi) is 4.94. The van der Waals surface area contributed by atoms with E-state index in [-0.39, 0.29) is 23.5 Å². The van der Waals surface area contributed by atoms with E-state index in [9.17, 15) is 23.1 Å². The summed E-state index contributed by atoms with van der Waals surface area (Å²) in [5.41, 5.74) is 3.44. The molecule has 1 aliphatic carbocycles. The molecule has 0 spiro atoms. The normalized spacial score (nSPS) is 22.3. The van der Waals surface area contributed by atoms with Gasteiger partial charge in [-0.15, -0.1) is 0 Å². The van der Waals surface area contributed by atoms with Gasteiger partial charge in [0.05, 0.1) is 35.6 Å². The molecular weight excluding hydrogens is 434 g/mol. The number of hydrogen-bond acceptors (Lipinski definition) is 7. The standard InChI is InChI=1S/C23H25NO7S/c1-11-14-7-16-13-5-3-4-6-19(13)30-22(16)12(2)21(14)31-23(27)15(11)8-20(26)24-17-9-32(28,29)10-18(17)25/h7,17-18,25H,3-6,8-10H2,1-2H3,(H,24,26)/t17-,18+/m0/s1. The van der Waals surface area contributed by atoms with Crippen LogP contribution in [0.3, 0.4) is 0 Å². The average molecular weight is 460 g/mol. The second-order valence-electron chi connectivity index (χ2n) is 8.95. The van der Waals surface area contributed by atoms with Gasteiger partial charge in [0.15, 0.2) is 9.84 Å². The number of furan rings is 1. The predicted molar refractivity (Wildman–Crippen MR) is 119 cm³/mol. The Morgan fingerprint density at radius 1 is 1.09 bits per heavy atom. The van der Waals surface area contributed by atoms with Gasteiger partial charge in [-0.1, -0.05) is 0 Å². The van der Waals surface area contributed by atoms with Crippen LogP contribution in [0.4, 0.5) is 0 Å². The molecule has 1 saturated heterocycles. The number of amides is 1. The van der Waals surface area contributed by atoms with Crippen molar-refractivity contribution >= 4 is 37.7 Å². The minimum Gasteiger partial charge on any atom is -0.460 e. The van der Waals surface area contributed by atoms with Crippen molar-refractivity contribution in [2.75, 3.05) is 11.5 Å². The summed E-state index contributed by atoms with van der Waals surface area (Å²) in [6.45, 7) is 3.66. The first-order valence-corrected chi connectivity index (χ1v) is 12.6. The largest absolute Gasteiger partial charge is 0.460 e. The molecule has 0 unspecified atom stereocenters. The van der Waals surface area contributed by atoms with Gasteiger partial charge in [0, 0.05) is 28.3 Å². The number of carbonyl (C=O) groups is 1. The summed E-state index contributed by atoms with van der Waals surface area (Å²) < 4.78 is 35.1. The fraction of sp³-hybridized carbons (Fsp3) is 0.478. The van der Waals surface area contributed by atoms with Gasteiger partial charge in [0.25, 0.3) is 0 Å². The fourth-order valence-corrected chi connectivity index (χ4v) is 6.75. The number of carbonyl (C=O) groups excluding carboxylic acids is 1. The van der Waals surface area contributed by atoms with Gasteiger partial charge in [0.1, 0.15) is 16.9 Å². The zero-order valence-corrected chi connectivity index (χ0v) is 18.8. The molecule has 2 atom stereocenters. The maximum absolute atomic E-state index is 12.8. The second-order valence-corrected chi connectivity index (χ2v) is 11.1. The molecular formula is C23H25NO7S. The number of aliphatic hydroxyl groups excluding tert-OH is 1. The summed E-state index contributed by atoms with van der Waals surface area (Å²) in [5.74, 6) is -0.221. The molecule has 2 aromatic heterocycles. The molecule has 0 saturated carbocycles. The van der Waals surface area contributed by atoms with E-state index in [1.54, 1.807) is 6.92 Å². The molecule has 1 fully saturated rings. The van der Waals surface area contributed by atoms with E-state index in [0.29, 0.717) is 11.1 Å². The summed E-state index contributed by atoms with van der Waals surface area (Å²) >= 11 is 0. The van der Waals surface area contributed by atoms with E-state index in [2.05, 4.69) is 5.32 Å². The zero-order valence-electron chi connectivity index (χ0n) is 18.0. The third-order valence-electron chi connectivity index (χ3n) is 6.73.